The lowest BCUT2D eigenvalue weighted by Gasteiger charge is -2.36. The van der Waals surface area contributed by atoms with E-state index >= 15 is 0 Å². The van der Waals surface area contributed by atoms with E-state index in [-0.39, 0.29) is 23.8 Å². The number of nitrogens with one attached hydrogen (secondary N) is 1. The molecule has 11 heteroatoms. The van der Waals surface area contributed by atoms with Crippen molar-refractivity contribution in [2.24, 2.45) is 16.1 Å². The third-order valence-electron chi connectivity index (χ3n) is 5.61. The molecular weight excluding hydrogens is 450 g/mol. The smallest absolute Gasteiger partial charge is 0.409 e. The molecule has 2 amide bonds. The number of aliphatic imine (C=N–C) groups is 1. The van der Waals surface area contributed by atoms with Gasteiger partial charge in [0, 0.05) is 36.5 Å². The van der Waals surface area contributed by atoms with Gasteiger partial charge < -0.3 is 19.8 Å². The quantitative estimate of drug-likeness (QED) is 0.332. The molecule has 178 valence electrons. The number of aryl methyl sites for hydroxylation is 1. The van der Waals surface area contributed by atoms with E-state index in [1.165, 1.54) is 13.3 Å². The summed E-state index contributed by atoms with van der Waals surface area (Å²) < 4.78 is 6.24. The van der Waals surface area contributed by atoms with Crippen LogP contribution < -0.4 is 5.32 Å². The van der Waals surface area contributed by atoms with E-state index < -0.39 is 0 Å². The molecule has 35 heavy (non-hydrogen) atoms. The number of rotatable bonds is 6. The van der Waals surface area contributed by atoms with Crippen molar-refractivity contribution in [3.8, 4) is 6.07 Å². The van der Waals surface area contributed by atoms with Crippen LogP contribution in [0.4, 0.5) is 10.5 Å². The number of carbonyl (C=O) groups is 2. The van der Waals surface area contributed by atoms with Crippen LogP contribution in [0.5, 0.6) is 0 Å². The fourth-order valence-corrected chi connectivity index (χ4v) is 3.63. The van der Waals surface area contributed by atoms with Crippen molar-refractivity contribution < 1.29 is 19.2 Å². The Morgan fingerprint density at radius 1 is 1.31 bits per heavy atom. The minimum atomic E-state index is -0.380. The van der Waals surface area contributed by atoms with Crippen LogP contribution >= 0.6 is 0 Å². The Morgan fingerprint density at radius 2 is 2.11 bits per heavy atom. The van der Waals surface area contributed by atoms with Crippen molar-refractivity contribution in [2.45, 2.75) is 6.92 Å². The van der Waals surface area contributed by atoms with Gasteiger partial charge in [-0.3, -0.25) is 9.20 Å². The molecule has 0 saturated carbocycles. The van der Waals surface area contributed by atoms with E-state index in [9.17, 15) is 9.59 Å². The molecule has 0 aliphatic carbocycles. The fourth-order valence-electron chi connectivity index (χ4n) is 3.63. The Balaban J connectivity index is 1.46. The molecule has 0 bridgehead atoms. The number of nitrogens with zero attached hydrogens (tertiary/aromatic N) is 6. The van der Waals surface area contributed by atoms with Crippen molar-refractivity contribution >= 4 is 35.9 Å². The van der Waals surface area contributed by atoms with E-state index in [1.54, 1.807) is 39.8 Å². The van der Waals surface area contributed by atoms with Crippen LogP contribution in [-0.4, -0.2) is 65.6 Å². The van der Waals surface area contributed by atoms with Crippen molar-refractivity contribution in [3.05, 3.63) is 65.1 Å². The van der Waals surface area contributed by atoms with Crippen LogP contribution in [0.25, 0.3) is 5.65 Å². The first-order valence-corrected chi connectivity index (χ1v) is 10.7. The number of methoxy groups -OCH3 is 1. The maximum Gasteiger partial charge on any atom is 0.409 e. The summed E-state index contributed by atoms with van der Waals surface area (Å²) in [5.74, 6) is 0.0382. The van der Waals surface area contributed by atoms with Gasteiger partial charge in [0.2, 0.25) is 0 Å². The molecule has 1 N–H and O–H groups in total. The Bertz CT molecular complexity index is 1370. The lowest BCUT2D eigenvalue weighted by atomic mass is 10.0. The second kappa shape index (κ2) is 10.0. The zero-order valence-electron chi connectivity index (χ0n) is 19.3. The summed E-state index contributed by atoms with van der Waals surface area (Å²) >= 11 is 0. The molecule has 0 radical (unpaired) electrons. The number of imidazole rings is 1. The Labute approximate surface area is 201 Å². The van der Waals surface area contributed by atoms with E-state index in [4.69, 9.17) is 10.1 Å². The monoisotopic (exact) mass is 473 g/mol. The molecule has 1 aliphatic rings. The van der Waals surface area contributed by atoms with Gasteiger partial charge in [0.05, 0.1) is 18.9 Å². The number of aromatic nitrogens is 2. The zero-order chi connectivity index (χ0) is 24.9. The largest absolute Gasteiger partial charge is 0.453 e. The lowest BCUT2D eigenvalue weighted by Crippen LogP contribution is -2.51. The number of hydrogen-bond donors (Lipinski definition) is 1. The molecule has 3 aromatic rings. The first kappa shape index (κ1) is 23.4. The van der Waals surface area contributed by atoms with Crippen LogP contribution in [0.3, 0.4) is 0 Å². The maximum absolute atomic E-state index is 13.0. The van der Waals surface area contributed by atoms with Gasteiger partial charge in [-0.2, -0.15) is 5.26 Å². The second-order valence-electron chi connectivity index (χ2n) is 7.99. The Hall–Kier alpha value is -4.72. The number of oxime groups is 1. The molecule has 3 heterocycles. The average Bonchev–Trinajstić information content (AvgIpc) is 3.27. The third kappa shape index (κ3) is 4.96. The van der Waals surface area contributed by atoms with Gasteiger partial charge in [-0.1, -0.05) is 17.3 Å². The summed E-state index contributed by atoms with van der Waals surface area (Å²) in [5, 5.41) is 16.1. The standard InChI is InChI=1S/C24H23N7O4/c1-15-4-6-18(22(26-2)29-35-14-17-11-30(12-17)24(33)34-3)8-19(15)28-23(32)20-10-27-21-7-5-16(9-25)13-31(20)21/h4-8,10,13,17H,2,11-12,14H2,1,3H3,(H,28,32)/b29-22-. The number of benzene rings is 1. The summed E-state index contributed by atoms with van der Waals surface area (Å²) in [5.41, 5.74) is 3.26. The minimum absolute atomic E-state index is 0.156. The highest BCUT2D eigenvalue weighted by Gasteiger charge is 2.31. The highest BCUT2D eigenvalue weighted by atomic mass is 16.6. The van der Waals surface area contributed by atoms with Gasteiger partial charge in [-0.15, -0.1) is 0 Å². The number of anilines is 1. The summed E-state index contributed by atoms with van der Waals surface area (Å²) in [6.45, 7) is 6.83. The number of carbonyl (C=O) groups excluding carboxylic acids is 2. The molecule has 0 spiro atoms. The van der Waals surface area contributed by atoms with Crippen LogP contribution in [0, 0.1) is 24.2 Å². The van der Waals surface area contributed by atoms with E-state index in [0.29, 0.717) is 47.9 Å². The first-order valence-electron chi connectivity index (χ1n) is 10.7. The van der Waals surface area contributed by atoms with Gasteiger partial charge in [0.15, 0.2) is 5.84 Å². The van der Waals surface area contributed by atoms with Crippen molar-refractivity contribution in [3.63, 3.8) is 0 Å². The number of ether oxygens (including phenoxy) is 1. The van der Waals surface area contributed by atoms with Gasteiger partial charge >= 0.3 is 6.09 Å². The fraction of sp³-hybridized carbons (Fsp3) is 0.250. The Morgan fingerprint density at radius 3 is 2.83 bits per heavy atom. The molecule has 1 saturated heterocycles. The molecular formula is C24H23N7O4. The maximum atomic E-state index is 13.0. The number of amidine groups is 1. The van der Waals surface area contributed by atoms with Gasteiger partial charge in [-0.25, -0.2) is 14.8 Å². The summed E-state index contributed by atoms with van der Waals surface area (Å²) in [7, 11) is 1.35. The molecule has 0 atom stereocenters. The van der Waals surface area contributed by atoms with E-state index in [1.807, 2.05) is 13.0 Å². The molecule has 1 aromatic carbocycles. The first-order chi connectivity index (χ1) is 16.9. The lowest BCUT2D eigenvalue weighted by molar-refractivity contribution is 0.0163. The predicted octanol–water partition coefficient (Wildman–Crippen LogP) is 2.84. The van der Waals surface area contributed by atoms with Gasteiger partial charge in [0.25, 0.3) is 5.91 Å². The molecule has 0 unspecified atom stereocenters. The van der Waals surface area contributed by atoms with E-state index in [2.05, 4.69) is 38.0 Å². The van der Waals surface area contributed by atoms with Crippen LogP contribution in [0.1, 0.15) is 27.2 Å². The molecule has 4 rings (SSSR count). The molecule has 1 fully saturated rings. The summed E-state index contributed by atoms with van der Waals surface area (Å²) in [6.07, 6.45) is 2.66. The van der Waals surface area contributed by atoms with Crippen LogP contribution in [0.15, 0.2) is 52.9 Å². The molecule has 1 aliphatic heterocycles. The topological polar surface area (TPSA) is 134 Å². The third-order valence-corrected chi connectivity index (χ3v) is 5.61. The number of hydrogen-bond acceptors (Lipinski definition) is 7. The minimum Gasteiger partial charge on any atom is -0.453 e. The number of pyridine rings is 1. The van der Waals surface area contributed by atoms with Crippen molar-refractivity contribution in [2.75, 3.05) is 32.1 Å². The highest BCUT2D eigenvalue weighted by Crippen LogP contribution is 2.21. The van der Waals surface area contributed by atoms with Gasteiger partial charge in [-0.05, 0) is 37.4 Å². The van der Waals surface area contributed by atoms with Gasteiger partial charge in [0.1, 0.15) is 24.0 Å². The SMILES string of the molecule is C=N/C(=N\OCC1CN(C(=O)OC)C1)c1ccc(C)c(NC(=O)c2cnc3ccc(C#N)cn23)c1. The van der Waals surface area contributed by atoms with Crippen LogP contribution in [-0.2, 0) is 9.57 Å². The number of fused-ring (bicyclic) bond motifs is 1. The second-order valence-corrected chi connectivity index (χ2v) is 7.99. The molecule has 11 nitrogen and oxygen atoms in total. The number of nitriles is 1. The summed E-state index contributed by atoms with van der Waals surface area (Å²) in [6, 6.07) is 10.7. The van der Waals surface area contributed by atoms with Crippen molar-refractivity contribution in [1.29, 1.82) is 5.26 Å². The molecule has 2 aromatic heterocycles. The highest BCUT2D eigenvalue weighted by molar-refractivity contribution is 6.06. The van der Waals surface area contributed by atoms with Crippen molar-refractivity contribution in [1.82, 2.24) is 14.3 Å². The zero-order valence-corrected chi connectivity index (χ0v) is 19.3. The Kier molecular flexibility index (Phi) is 6.73. The normalized spacial score (nSPS) is 13.6. The number of amides is 2. The van der Waals surface area contributed by atoms with Crippen LogP contribution in [0.2, 0.25) is 0 Å². The van der Waals surface area contributed by atoms with E-state index in [0.717, 1.165) is 5.56 Å². The number of likely N-dealkylation sites (tertiary alicyclic amines) is 1. The average molecular weight is 473 g/mol. The summed E-state index contributed by atoms with van der Waals surface area (Å²) in [4.78, 5) is 39.6. The predicted molar refractivity (Wildman–Crippen MR) is 129 cm³/mol.